The van der Waals surface area contributed by atoms with Crippen molar-refractivity contribution in [3.8, 4) is 0 Å². The van der Waals surface area contributed by atoms with Crippen LogP contribution in [0, 0.1) is 0 Å². The quantitative estimate of drug-likeness (QED) is 0.509. The van der Waals surface area contributed by atoms with Gasteiger partial charge >= 0.3 is 0 Å². The lowest BCUT2D eigenvalue weighted by Gasteiger charge is -2.07. The number of H-pyrrole nitrogens is 1. The number of ketones is 1. The molecule has 4 rings (SSSR count). The summed E-state index contributed by atoms with van der Waals surface area (Å²) < 4.78 is 2.03. The number of carbonyl (C=O) groups excluding carboxylic acids is 2. The Hall–Kier alpha value is -3.38. The number of hydrogen-bond donors (Lipinski definition) is 1. The van der Waals surface area contributed by atoms with Crippen LogP contribution in [0.2, 0.25) is 5.02 Å². The second-order valence-corrected chi connectivity index (χ2v) is 7.42. The van der Waals surface area contributed by atoms with E-state index < -0.39 is 0 Å². The van der Waals surface area contributed by atoms with Crippen LogP contribution in [0.3, 0.4) is 0 Å². The molecule has 0 aliphatic rings. The number of para-hydroxylation sites is 1. The SMILES string of the molecule is CN(C)C(=O)c1cnc(C(=O)c2cn(Cc3ccc(Cl)cc3)c3ccccc23)[nH]1. The Morgan fingerprint density at radius 3 is 2.55 bits per heavy atom. The van der Waals surface area contributed by atoms with E-state index in [0.717, 1.165) is 16.5 Å². The number of aromatic nitrogens is 3. The van der Waals surface area contributed by atoms with Gasteiger partial charge < -0.3 is 14.5 Å². The fourth-order valence-electron chi connectivity index (χ4n) is 3.26. The van der Waals surface area contributed by atoms with Gasteiger partial charge in [-0.25, -0.2) is 4.98 Å². The van der Waals surface area contributed by atoms with Crippen LogP contribution in [-0.2, 0) is 6.54 Å². The lowest BCUT2D eigenvalue weighted by molar-refractivity contribution is 0.0822. The molecule has 0 spiro atoms. The second kappa shape index (κ2) is 7.56. The molecule has 0 saturated heterocycles. The summed E-state index contributed by atoms with van der Waals surface area (Å²) in [6.07, 6.45) is 3.22. The molecule has 2 aromatic heterocycles. The lowest BCUT2D eigenvalue weighted by Crippen LogP contribution is -2.22. The highest BCUT2D eigenvalue weighted by atomic mass is 35.5. The van der Waals surface area contributed by atoms with Crippen molar-refractivity contribution in [1.82, 2.24) is 19.4 Å². The van der Waals surface area contributed by atoms with E-state index >= 15 is 0 Å². The molecule has 1 N–H and O–H groups in total. The summed E-state index contributed by atoms with van der Waals surface area (Å²) >= 11 is 5.98. The van der Waals surface area contributed by atoms with Crippen LogP contribution in [-0.4, -0.2) is 45.2 Å². The van der Waals surface area contributed by atoms with Crippen molar-refractivity contribution in [3.05, 3.63) is 88.6 Å². The molecule has 0 atom stereocenters. The average Bonchev–Trinajstić information content (AvgIpc) is 3.34. The molecular weight excluding hydrogens is 388 g/mol. The van der Waals surface area contributed by atoms with Crippen molar-refractivity contribution >= 4 is 34.2 Å². The molecule has 2 aromatic carbocycles. The second-order valence-electron chi connectivity index (χ2n) is 6.99. The van der Waals surface area contributed by atoms with E-state index in [0.29, 0.717) is 17.1 Å². The van der Waals surface area contributed by atoms with Crippen molar-refractivity contribution in [2.75, 3.05) is 14.1 Å². The maximum atomic E-state index is 13.1. The van der Waals surface area contributed by atoms with Gasteiger partial charge in [-0.05, 0) is 23.8 Å². The zero-order chi connectivity index (χ0) is 20.5. The molecule has 0 bridgehead atoms. The monoisotopic (exact) mass is 406 g/mol. The molecule has 7 heteroatoms. The molecule has 29 heavy (non-hydrogen) atoms. The summed E-state index contributed by atoms with van der Waals surface area (Å²) in [5.41, 5.74) is 2.84. The van der Waals surface area contributed by atoms with E-state index in [1.807, 2.05) is 59.3 Å². The first-order valence-electron chi connectivity index (χ1n) is 9.07. The largest absolute Gasteiger partial charge is 0.343 e. The number of halogens is 1. The van der Waals surface area contributed by atoms with Crippen LogP contribution >= 0.6 is 11.6 Å². The molecule has 0 aliphatic carbocycles. The Bertz CT molecular complexity index is 1210. The van der Waals surface area contributed by atoms with Gasteiger partial charge in [0.1, 0.15) is 5.69 Å². The number of carbonyl (C=O) groups is 2. The fourth-order valence-corrected chi connectivity index (χ4v) is 3.38. The Balaban J connectivity index is 1.71. The van der Waals surface area contributed by atoms with Crippen LogP contribution in [0.4, 0.5) is 0 Å². The lowest BCUT2D eigenvalue weighted by atomic mass is 10.1. The topological polar surface area (TPSA) is 71.0 Å². The molecule has 0 radical (unpaired) electrons. The van der Waals surface area contributed by atoms with Gasteiger partial charge in [-0.2, -0.15) is 0 Å². The predicted molar refractivity (Wildman–Crippen MR) is 113 cm³/mol. The Morgan fingerprint density at radius 1 is 1.10 bits per heavy atom. The number of rotatable bonds is 5. The normalized spacial score (nSPS) is 11.0. The van der Waals surface area contributed by atoms with Crippen LogP contribution in [0.5, 0.6) is 0 Å². The van der Waals surface area contributed by atoms with Gasteiger partial charge in [0, 0.05) is 42.8 Å². The highest BCUT2D eigenvalue weighted by Crippen LogP contribution is 2.24. The summed E-state index contributed by atoms with van der Waals surface area (Å²) in [5, 5.41) is 1.52. The highest BCUT2D eigenvalue weighted by Gasteiger charge is 2.21. The first kappa shape index (κ1) is 19.0. The third kappa shape index (κ3) is 3.67. The molecule has 0 fully saturated rings. The molecule has 1 amide bonds. The molecule has 2 heterocycles. The summed E-state index contributed by atoms with van der Waals surface area (Å²) in [6, 6.07) is 15.3. The third-order valence-electron chi connectivity index (χ3n) is 4.73. The summed E-state index contributed by atoms with van der Waals surface area (Å²) in [5.74, 6) is -0.347. The number of amides is 1. The molecule has 4 aromatic rings. The van der Waals surface area contributed by atoms with Crippen molar-refractivity contribution in [2.24, 2.45) is 0 Å². The van der Waals surface area contributed by atoms with E-state index in [1.165, 1.54) is 11.1 Å². The molecule has 6 nitrogen and oxygen atoms in total. The van der Waals surface area contributed by atoms with Crippen molar-refractivity contribution in [1.29, 1.82) is 0 Å². The van der Waals surface area contributed by atoms with Crippen molar-refractivity contribution in [3.63, 3.8) is 0 Å². The Labute approximate surface area is 172 Å². The van der Waals surface area contributed by atoms with Gasteiger partial charge in [-0.3, -0.25) is 9.59 Å². The standard InChI is InChI=1S/C22H19ClN4O2/c1-26(2)22(29)18-11-24-21(25-18)20(28)17-13-27(19-6-4-3-5-16(17)19)12-14-7-9-15(23)10-8-14/h3-11,13H,12H2,1-2H3,(H,24,25). The van der Waals surface area contributed by atoms with Gasteiger partial charge in [0.25, 0.3) is 5.91 Å². The maximum absolute atomic E-state index is 13.1. The average molecular weight is 407 g/mol. The first-order chi connectivity index (χ1) is 13.9. The van der Waals surface area contributed by atoms with Crippen LogP contribution in [0.1, 0.15) is 32.2 Å². The van der Waals surface area contributed by atoms with E-state index in [9.17, 15) is 9.59 Å². The number of fused-ring (bicyclic) bond motifs is 1. The van der Waals surface area contributed by atoms with Crippen LogP contribution in [0.15, 0.2) is 60.9 Å². The fraction of sp³-hybridized carbons (Fsp3) is 0.136. The number of hydrogen-bond acceptors (Lipinski definition) is 3. The minimum absolute atomic E-state index is 0.143. The number of benzene rings is 2. The number of aromatic amines is 1. The molecule has 0 saturated carbocycles. The van der Waals surface area contributed by atoms with E-state index in [2.05, 4.69) is 9.97 Å². The van der Waals surface area contributed by atoms with Gasteiger partial charge in [0.05, 0.1) is 11.8 Å². The van der Waals surface area contributed by atoms with Gasteiger partial charge in [0.15, 0.2) is 5.82 Å². The smallest absolute Gasteiger partial charge is 0.271 e. The molecule has 0 unspecified atom stereocenters. The van der Waals surface area contributed by atoms with Crippen LogP contribution in [0.25, 0.3) is 10.9 Å². The minimum Gasteiger partial charge on any atom is -0.343 e. The minimum atomic E-state index is -0.256. The Morgan fingerprint density at radius 2 is 1.83 bits per heavy atom. The van der Waals surface area contributed by atoms with Crippen molar-refractivity contribution in [2.45, 2.75) is 6.54 Å². The summed E-state index contributed by atoms with van der Waals surface area (Å²) in [6.45, 7) is 0.605. The van der Waals surface area contributed by atoms with E-state index in [4.69, 9.17) is 11.6 Å². The van der Waals surface area contributed by atoms with E-state index in [-0.39, 0.29) is 23.2 Å². The third-order valence-corrected chi connectivity index (χ3v) is 4.98. The number of nitrogens with zero attached hydrogens (tertiary/aromatic N) is 3. The Kier molecular flexibility index (Phi) is 4.94. The van der Waals surface area contributed by atoms with Crippen molar-refractivity contribution < 1.29 is 9.59 Å². The van der Waals surface area contributed by atoms with E-state index in [1.54, 1.807) is 14.1 Å². The van der Waals surface area contributed by atoms with Gasteiger partial charge in [-0.1, -0.05) is 41.9 Å². The number of nitrogens with one attached hydrogen (secondary N) is 1. The molecule has 0 aliphatic heterocycles. The zero-order valence-electron chi connectivity index (χ0n) is 16.0. The first-order valence-corrected chi connectivity index (χ1v) is 9.45. The summed E-state index contributed by atoms with van der Waals surface area (Å²) in [4.78, 5) is 33.6. The molecular formula is C22H19ClN4O2. The summed E-state index contributed by atoms with van der Waals surface area (Å²) in [7, 11) is 3.30. The van der Waals surface area contributed by atoms with Gasteiger partial charge in [-0.15, -0.1) is 0 Å². The number of imidazole rings is 1. The maximum Gasteiger partial charge on any atom is 0.271 e. The van der Waals surface area contributed by atoms with Crippen LogP contribution < -0.4 is 0 Å². The zero-order valence-corrected chi connectivity index (χ0v) is 16.8. The molecule has 146 valence electrons. The highest BCUT2D eigenvalue weighted by molar-refractivity contribution is 6.30. The predicted octanol–water partition coefficient (Wildman–Crippen LogP) is 4.00. The van der Waals surface area contributed by atoms with Gasteiger partial charge in [0.2, 0.25) is 5.78 Å².